The molecule has 0 aliphatic heterocycles. The summed E-state index contributed by atoms with van der Waals surface area (Å²) in [4.78, 5) is 22.6. The number of aromatic nitrogens is 2. The van der Waals surface area contributed by atoms with Crippen LogP contribution in [0.15, 0.2) is 30.5 Å². The Morgan fingerprint density at radius 3 is 2.84 bits per heavy atom. The lowest BCUT2D eigenvalue weighted by Gasteiger charge is -2.09. The number of rotatable bonds is 8. The van der Waals surface area contributed by atoms with Crippen molar-refractivity contribution in [3.05, 3.63) is 57.4 Å². The van der Waals surface area contributed by atoms with E-state index in [2.05, 4.69) is 5.10 Å². The van der Waals surface area contributed by atoms with E-state index in [0.717, 1.165) is 11.1 Å². The number of allylic oxidation sites excluding steroid dienone is 1. The number of hydrogen-bond acceptors (Lipinski definition) is 6. The van der Waals surface area contributed by atoms with Gasteiger partial charge < -0.3 is 9.47 Å². The molecular weight excluding hydrogens is 326 g/mol. The third kappa shape index (κ3) is 4.51. The summed E-state index contributed by atoms with van der Waals surface area (Å²) in [5, 5.41) is 14.8. The molecule has 0 amide bonds. The molecule has 1 heterocycles. The van der Waals surface area contributed by atoms with E-state index in [1.54, 1.807) is 25.3 Å². The molecule has 0 aliphatic rings. The van der Waals surface area contributed by atoms with Crippen molar-refractivity contribution in [3.8, 4) is 5.75 Å². The number of nitro groups is 1. The molecule has 132 valence electrons. The van der Waals surface area contributed by atoms with Gasteiger partial charge in [0.25, 0.3) is 0 Å². The van der Waals surface area contributed by atoms with E-state index >= 15 is 0 Å². The second-order valence-corrected chi connectivity index (χ2v) is 5.20. The quantitative estimate of drug-likeness (QED) is 0.316. The van der Waals surface area contributed by atoms with Crippen molar-refractivity contribution in [2.75, 3.05) is 13.7 Å². The zero-order valence-electron chi connectivity index (χ0n) is 14.3. The number of hydrogen-bond donors (Lipinski definition) is 0. The van der Waals surface area contributed by atoms with E-state index in [1.165, 1.54) is 24.0 Å². The Morgan fingerprint density at radius 2 is 2.20 bits per heavy atom. The SMILES string of the molecule is CCOCc1cc(/C=C/C(=O)c2nn(C)cc2[N+](=O)[O-])ccc1OC. The normalized spacial score (nSPS) is 11.0. The molecule has 0 N–H and O–H groups in total. The van der Waals surface area contributed by atoms with E-state index in [-0.39, 0.29) is 11.4 Å². The molecule has 0 bridgehead atoms. The molecular formula is C17H19N3O5. The lowest BCUT2D eigenvalue weighted by molar-refractivity contribution is -0.385. The molecule has 0 unspecified atom stereocenters. The third-order valence-electron chi connectivity index (χ3n) is 3.43. The Balaban J connectivity index is 2.24. The van der Waals surface area contributed by atoms with Crippen molar-refractivity contribution >= 4 is 17.5 Å². The van der Waals surface area contributed by atoms with Crippen LogP contribution in [-0.4, -0.2) is 34.2 Å². The van der Waals surface area contributed by atoms with Gasteiger partial charge in [0.05, 0.1) is 18.6 Å². The largest absolute Gasteiger partial charge is 0.496 e. The van der Waals surface area contributed by atoms with Crippen LogP contribution in [0.4, 0.5) is 5.69 Å². The molecule has 1 aromatic heterocycles. The minimum atomic E-state index is -0.623. The van der Waals surface area contributed by atoms with Crippen LogP contribution in [-0.2, 0) is 18.4 Å². The maximum atomic E-state index is 12.2. The van der Waals surface area contributed by atoms with Crippen molar-refractivity contribution in [1.82, 2.24) is 9.78 Å². The first-order valence-corrected chi connectivity index (χ1v) is 7.61. The van der Waals surface area contributed by atoms with E-state index < -0.39 is 10.7 Å². The summed E-state index contributed by atoms with van der Waals surface area (Å²) in [6.45, 7) is 2.86. The highest BCUT2D eigenvalue weighted by Gasteiger charge is 2.23. The second-order valence-electron chi connectivity index (χ2n) is 5.20. The highest BCUT2D eigenvalue weighted by atomic mass is 16.6. The van der Waals surface area contributed by atoms with Crippen LogP contribution in [0, 0.1) is 10.1 Å². The second kappa shape index (κ2) is 8.20. The summed E-state index contributed by atoms with van der Waals surface area (Å²) in [5.41, 5.74) is 1.10. The fourth-order valence-corrected chi connectivity index (χ4v) is 2.26. The molecule has 8 nitrogen and oxygen atoms in total. The fraction of sp³-hybridized carbons (Fsp3) is 0.294. The number of carbonyl (C=O) groups excluding carboxylic acids is 1. The summed E-state index contributed by atoms with van der Waals surface area (Å²) in [5.74, 6) is 0.159. The number of ether oxygens (including phenoxy) is 2. The molecule has 0 atom stereocenters. The Hall–Kier alpha value is -3.00. The fourth-order valence-electron chi connectivity index (χ4n) is 2.26. The first kappa shape index (κ1) is 18.3. The topological polar surface area (TPSA) is 96.5 Å². The lowest BCUT2D eigenvalue weighted by Crippen LogP contribution is -2.01. The van der Waals surface area contributed by atoms with Gasteiger partial charge in [0, 0.05) is 19.2 Å². The van der Waals surface area contributed by atoms with Crippen LogP contribution in [0.3, 0.4) is 0 Å². The van der Waals surface area contributed by atoms with Gasteiger partial charge in [-0.1, -0.05) is 12.1 Å². The van der Waals surface area contributed by atoms with Gasteiger partial charge in [-0.25, -0.2) is 0 Å². The lowest BCUT2D eigenvalue weighted by atomic mass is 10.1. The van der Waals surface area contributed by atoms with Gasteiger partial charge in [0.1, 0.15) is 11.9 Å². The standard InChI is InChI=1S/C17H19N3O5/c1-4-25-11-13-9-12(6-8-16(13)24-3)5-7-15(21)17-14(20(22)23)10-19(2)18-17/h5-10H,4,11H2,1-3H3/b7-5+. The Kier molecular flexibility index (Phi) is 6.02. The van der Waals surface area contributed by atoms with Gasteiger partial charge in [-0.05, 0) is 30.7 Å². The average molecular weight is 345 g/mol. The zero-order chi connectivity index (χ0) is 18.4. The molecule has 0 radical (unpaired) electrons. The number of benzene rings is 1. The van der Waals surface area contributed by atoms with Crippen LogP contribution >= 0.6 is 0 Å². The Bertz CT molecular complexity index is 811. The first-order chi connectivity index (χ1) is 12.0. The van der Waals surface area contributed by atoms with E-state index in [0.29, 0.717) is 19.0 Å². The highest BCUT2D eigenvalue weighted by molar-refractivity contribution is 6.07. The van der Waals surface area contributed by atoms with Crippen LogP contribution in [0.1, 0.15) is 28.5 Å². The molecule has 0 aliphatic carbocycles. The van der Waals surface area contributed by atoms with Crippen molar-refractivity contribution in [1.29, 1.82) is 0 Å². The molecule has 2 rings (SSSR count). The Morgan fingerprint density at radius 1 is 1.44 bits per heavy atom. The third-order valence-corrected chi connectivity index (χ3v) is 3.43. The number of ketones is 1. The maximum Gasteiger partial charge on any atom is 0.318 e. The summed E-state index contributed by atoms with van der Waals surface area (Å²) in [7, 11) is 3.10. The van der Waals surface area contributed by atoms with Crippen LogP contribution in [0.2, 0.25) is 0 Å². The van der Waals surface area contributed by atoms with Crippen molar-refractivity contribution in [2.24, 2.45) is 7.05 Å². The monoisotopic (exact) mass is 345 g/mol. The van der Waals surface area contributed by atoms with Gasteiger partial charge in [-0.15, -0.1) is 0 Å². The molecule has 0 spiro atoms. The molecule has 2 aromatic rings. The predicted molar refractivity (Wildman–Crippen MR) is 91.6 cm³/mol. The summed E-state index contributed by atoms with van der Waals surface area (Å²) < 4.78 is 11.9. The van der Waals surface area contributed by atoms with Gasteiger partial charge >= 0.3 is 5.69 Å². The van der Waals surface area contributed by atoms with Crippen molar-refractivity contribution in [3.63, 3.8) is 0 Å². The Labute approximate surface area is 144 Å². The summed E-state index contributed by atoms with van der Waals surface area (Å²) in [6.07, 6.45) is 4.05. The van der Waals surface area contributed by atoms with Crippen LogP contribution in [0.5, 0.6) is 5.75 Å². The van der Waals surface area contributed by atoms with E-state index in [4.69, 9.17) is 9.47 Å². The molecule has 25 heavy (non-hydrogen) atoms. The summed E-state index contributed by atoms with van der Waals surface area (Å²) in [6, 6.07) is 5.40. The molecule has 1 aromatic carbocycles. The number of nitrogens with zero attached hydrogens (tertiary/aromatic N) is 3. The van der Waals surface area contributed by atoms with Crippen LogP contribution < -0.4 is 4.74 Å². The maximum absolute atomic E-state index is 12.2. The molecule has 0 saturated heterocycles. The van der Waals surface area contributed by atoms with Crippen molar-refractivity contribution in [2.45, 2.75) is 13.5 Å². The summed E-state index contributed by atoms with van der Waals surface area (Å²) >= 11 is 0. The van der Waals surface area contributed by atoms with E-state index in [1.807, 2.05) is 13.0 Å². The number of aryl methyl sites for hydroxylation is 1. The smallest absolute Gasteiger partial charge is 0.318 e. The predicted octanol–water partition coefficient (Wildman–Crippen LogP) is 2.77. The van der Waals surface area contributed by atoms with Gasteiger partial charge in [-0.3, -0.25) is 19.6 Å². The van der Waals surface area contributed by atoms with Gasteiger partial charge in [0.15, 0.2) is 0 Å². The highest BCUT2D eigenvalue weighted by Crippen LogP contribution is 2.22. The number of carbonyl (C=O) groups is 1. The molecule has 0 fully saturated rings. The average Bonchev–Trinajstić information content (AvgIpc) is 3.00. The van der Waals surface area contributed by atoms with Gasteiger partial charge in [-0.2, -0.15) is 5.10 Å². The molecule has 0 saturated carbocycles. The minimum absolute atomic E-state index is 0.188. The zero-order valence-corrected chi connectivity index (χ0v) is 14.3. The van der Waals surface area contributed by atoms with E-state index in [9.17, 15) is 14.9 Å². The first-order valence-electron chi connectivity index (χ1n) is 7.61. The van der Waals surface area contributed by atoms with Gasteiger partial charge in [0.2, 0.25) is 11.5 Å². The molecule has 8 heteroatoms. The minimum Gasteiger partial charge on any atom is -0.496 e. The van der Waals surface area contributed by atoms with Crippen LogP contribution in [0.25, 0.3) is 6.08 Å². The number of methoxy groups -OCH3 is 1. The van der Waals surface area contributed by atoms with Crippen molar-refractivity contribution < 1.29 is 19.2 Å².